The van der Waals surface area contributed by atoms with Crippen molar-refractivity contribution in [2.75, 3.05) is 13.2 Å². The quantitative estimate of drug-likeness (QED) is 0.0119. The average Bonchev–Trinajstić information content (AvgIpc) is 3.27. The standard InChI is InChI=1S/C45H86O22P4/c1-3-5-7-9-11-13-15-17-19-21-23-25-27-29-31-33-38(46)61-35-37(63-39(47)34-32-30-28-26-24-22-20-18-16-14-12-10-8-6-4-2)36-62-71(59,60)67-42-40(48)43(64-68(50,51)52)45(66-70(56,57)58)44(41(42)49)65-69(53,54)55/h13,15,18,20,37,40-45,48-49H,3-12,14,16-17,19,21-36H2,1-2H3,(H,59,60)(H2,50,51,52)(H2,53,54,55)(H2,56,57,58)/t37-,40?,41?,42?,43+,44?,45?/m1/s1. The summed E-state index contributed by atoms with van der Waals surface area (Å²) >= 11 is 0. The maximum Gasteiger partial charge on any atom is 0.472 e. The van der Waals surface area contributed by atoms with Gasteiger partial charge >= 0.3 is 43.2 Å². The molecule has 71 heavy (non-hydrogen) atoms. The third kappa shape index (κ3) is 36.4. The van der Waals surface area contributed by atoms with Crippen molar-refractivity contribution in [3.8, 4) is 0 Å². The number of allylic oxidation sites excluding steroid dienone is 4. The van der Waals surface area contributed by atoms with E-state index in [2.05, 4.69) is 51.7 Å². The lowest BCUT2D eigenvalue weighted by atomic mass is 9.85. The van der Waals surface area contributed by atoms with E-state index >= 15 is 0 Å². The molecule has 0 aromatic rings. The molecule has 0 spiro atoms. The summed E-state index contributed by atoms with van der Waals surface area (Å²) in [5.41, 5.74) is 0. The highest BCUT2D eigenvalue weighted by Gasteiger charge is 2.59. The monoisotopic (exact) mass is 1100 g/mol. The Morgan fingerprint density at radius 2 is 0.775 bits per heavy atom. The Morgan fingerprint density at radius 3 is 1.17 bits per heavy atom. The highest BCUT2D eigenvalue weighted by molar-refractivity contribution is 7.47. The molecule has 8 atom stereocenters. The van der Waals surface area contributed by atoms with Crippen LogP contribution in [-0.2, 0) is 59.9 Å². The summed E-state index contributed by atoms with van der Waals surface area (Å²) in [6, 6.07) is 0. The number of phosphoric ester groups is 4. The highest BCUT2D eigenvalue weighted by atomic mass is 31.2. The molecule has 0 saturated heterocycles. The molecule has 1 aliphatic rings. The lowest BCUT2D eigenvalue weighted by molar-refractivity contribution is -0.209. The topological polar surface area (TPSA) is 349 Å². The number of aliphatic hydroxyl groups excluding tert-OH is 2. The first kappa shape index (κ1) is 67.8. The smallest absolute Gasteiger partial charge is 0.462 e. The van der Waals surface area contributed by atoms with Gasteiger partial charge in [-0.15, -0.1) is 0 Å². The van der Waals surface area contributed by atoms with Crippen molar-refractivity contribution < 1.29 is 104 Å². The third-order valence-electron chi connectivity index (χ3n) is 11.5. The van der Waals surface area contributed by atoms with E-state index < -0.39 is 99.2 Å². The fourth-order valence-corrected chi connectivity index (χ4v) is 10.4. The van der Waals surface area contributed by atoms with Crippen LogP contribution in [0.25, 0.3) is 0 Å². The fourth-order valence-electron chi connectivity index (χ4n) is 7.78. The first-order valence-electron chi connectivity index (χ1n) is 25.4. The summed E-state index contributed by atoms with van der Waals surface area (Å²) in [6.45, 7) is 2.74. The molecule has 0 aromatic heterocycles. The maximum absolute atomic E-state index is 13.3. The Kier molecular flexibility index (Phi) is 36.6. The van der Waals surface area contributed by atoms with Gasteiger partial charge in [-0.05, 0) is 64.2 Å². The lowest BCUT2D eigenvalue weighted by Crippen LogP contribution is -2.65. The number of carbonyl (C=O) groups is 2. The molecule has 0 aromatic carbocycles. The predicted molar refractivity (Wildman–Crippen MR) is 263 cm³/mol. The van der Waals surface area contributed by atoms with E-state index in [1.807, 2.05) is 0 Å². The van der Waals surface area contributed by atoms with Crippen molar-refractivity contribution in [3.63, 3.8) is 0 Å². The maximum atomic E-state index is 13.3. The Balaban J connectivity index is 2.88. The van der Waals surface area contributed by atoms with Crippen LogP contribution in [0.2, 0.25) is 0 Å². The summed E-state index contributed by atoms with van der Waals surface area (Å²) < 4.78 is 82.2. The van der Waals surface area contributed by atoms with E-state index in [1.165, 1.54) is 64.2 Å². The SMILES string of the molecule is CCCCCCC=CCCCCCCCCCC(=O)OC[C@H](COP(=O)(O)OC1C(O)C(OP(=O)(O)O)C(OP(=O)(O)O)[C@@H](OP(=O)(O)O)C1O)OC(=O)CCCCCCCC=CCCCCCCCC. The normalized spacial score (nSPS) is 21.5. The second kappa shape index (κ2) is 38.3. The van der Waals surface area contributed by atoms with Crippen molar-refractivity contribution in [1.82, 2.24) is 0 Å². The van der Waals surface area contributed by atoms with Crippen molar-refractivity contribution in [3.05, 3.63) is 24.3 Å². The van der Waals surface area contributed by atoms with Gasteiger partial charge in [0.05, 0.1) is 6.61 Å². The molecule has 22 nitrogen and oxygen atoms in total. The molecular weight excluding hydrogens is 1020 g/mol. The minimum Gasteiger partial charge on any atom is -0.462 e. The number of hydrogen-bond acceptors (Lipinski definition) is 15. The summed E-state index contributed by atoms with van der Waals surface area (Å²) in [5, 5.41) is 21.9. The highest BCUT2D eigenvalue weighted by Crippen LogP contribution is 2.53. The number of ether oxygens (including phenoxy) is 2. The van der Waals surface area contributed by atoms with Crippen LogP contribution < -0.4 is 0 Å². The Bertz CT molecular complexity index is 1650. The molecule has 0 heterocycles. The average molecular weight is 1100 g/mol. The van der Waals surface area contributed by atoms with Crippen LogP contribution in [0.3, 0.4) is 0 Å². The zero-order chi connectivity index (χ0) is 53.2. The minimum absolute atomic E-state index is 0.0287. The number of unbranched alkanes of at least 4 members (excludes halogenated alkanes) is 22. The first-order chi connectivity index (χ1) is 33.5. The van der Waals surface area contributed by atoms with Gasteiger partial charge in [0.15, 0.2) is 6.10 Å². The second-order valence-corrected chi connectivity index (χ2v) is 22.9. The van der Waals surface area contributed by atoms with E-state index in [-0.39, 0.29) is 12.8 Å². The zero-order valence-corrected chi connectivity index (χ0v) is 45.3. The van der Waals surface area contributed by atoms with E-state index in [4.69, 9.17) is 18.5 Å². The van der Waals surface area contributed by atoms with Crippen molar-refractivity contribution >= 4 is 43.2 Å². The number of carbonyl (C=O) groups excluding carboxylic acids is 2. The first-order valence-corrected chi connectivity index (χ1v) is 31.5. The third-order valence-corrected chi connectivity index (χ3v) is 14.0. The molecular formula is C45H86O22P4. The molecule has 1 rings (SSSR count). The predicted octanol–water partition coefficient (Wildman–Crippen LogP) is 9.19. The Labute approximate surface area is 420 Å². The Hall–Kier alpha value is -1.22. The molecule has 1 aliphatic carbocycles. The van der Waals surface area contributed by atoms with E-state index in [9.17, 15) is 72.3 Å². The van der Waals surface area contributed by atoms with Crippen LogP contribution in [0.1, 0.15) is 194 Å². The van der Waals surface area contributed by atoms with Gasteiger partial charge in [-0.2, -0.15) is 0 Å². The second-order valence-electron chi connectivity index (χ2n) is 18.0. The van der Waals surface area contributed by atoms with E-state index in [0.717, 1.165) is 83.5 Å². The fraction of sp³-hybridized carbons (Fsp3) is 0.867. The van der Waals surface area contributed by atoms with Crippen LogP contribution in [0.4, 0.5) is 0 Å². The molecule has 0 radical (unpaired) electrons. The van der Waals surface area contributed by atoms with Crippen LogP contribution in [-0.4, -0.2) is 112 Å². The molecule has 9 N–H and O–H groups in total. The van der Waals surface area contributed by atoms with Crippen LogP contribution >= 0.6 is 31.3 Å². The number of hydrogen-bond donors (Lipinski definition) is 9. The molecule has 0 bridgehead atoms. The molecule has 0 aliphatic heterocycles. The molecule has 418 valence electrons. The van der Waals surface area contributed by atoms with Crippen LogP contribution in [0.15, 0.2) is 24.3 Å². The molecule has 6 unspecified atom stereocenters. The number of phosphoric acid groups is 4. The number of aliphatic hydroxyl groups is 2. The molecule has 0 amide bonds. The van der Waals surface area contributed by atoms with E-state index in [1.54, 1.807) is 0 Å². The summed E-state index contributed by atoms with van der Waals surface area (Å²) in [4.78, 5) is 92.9. The number of rotatable bonds is 44. The lowest BCUT2D eigenvalue weighted by Gasteiger charge is -2.45. The van der Waals surface area contributed by atoms with Gasteiger partial charge < -0.3 is 53.9 Å². The number of esters is 2. The van der Waals surface area contributed by atoms with Gasteiger partial charge in [-0.3, -0.25) is 32.2 Å². The van der Waals surface area contributed by atoms with Crippen molar-refractivity contribution in [2.45, 2.75) is 236 Å². The largest absolute Gasteiger partial charge is 0.472 e. The summed E-state index contributed by atoms with van der Waals surface area (Å²) in [6.07, 6.45) is 18.1. The van der Waals surface area contributed by atoms with Gasteiger partial charge in [0.1, 0.15) is 43.2 Å². The van der Waals surface area contributed by atoms with Crippen molar-refractivity contribution in [1.29, 1.82) is 0 Å². The van der Waals surface area contributed by atoms with Crippen molar-refractivity contribution in [2.24, 2.45) is 0 Å². The molecule has 1 fully saturated rings. The van der Waals surface area contributed by atoms with Gasteiger partial charge in [-0.25, -0.2) is 18.3 Å². The van der Waals surface area contributed by atoms with E-state index in [0.29, 0.717) is 19.3 Å². The summed E-state index contributed by atoms with van der Waals surface area (Å²) in [7, 11) is -23.0. The van der Waals surface area contributed by atoms with Crippen LogP contribution in [0, 0.1) is 0 Å². The minimum atomic E-state index is -5.79. The van der Waals surface area contributed by atoms with Gasteiger partial charge in [0.2, 0.25) is 0 Å². The van der Waals surface area contributed by atoms with Gasteiger partial charge in [-0.1, -0.05) is 141 Å². The van der Waals surface area contributed by atoms with Gasteiger partial charge in [0.25, 0.3) is 0 Å². The summed E-state index contributed by atoms with van der Waals surface area (Å²) in [5.74, 6) is -1.41. The zero-order valence-electron chi connectivity index (χ0n) is 41.7. The van der Waals surface area contributed by atoms with Gasteiger partial charge in [0, 0.05) is 12.8 Å². The Morgan fingerprint density at radius 1 is 0.437 bits per heavy atom. The molecule has 26 heteroatoms. The van der Waals surface area contributed by atoms with Crippen LogP contribution in [0.5, 0.6) is 0 Å². The molecule has 1 saturated carbocycles.